The Bertz CT molecular complexity index is 517. The highest BCUT2D eigenvalue weighted by Crippen LogP contribution is 2.29. The maximum atomic E-state index is 6.00. The zero-order valence-corrected chi connectivity index (χ0v) is 11.2. The van der Waals surface area contributed by atoms with Crippen molar-refractivity contribution in [2.75, 3.05) is 5.75 Å². The van der Waals surface area contributed by atoms with Crippen molar-refractivity contribution in [2.24, 2.45) is 0 Å². The van der Waals surface area contributed by atoms with E-state index in [1.165, 1.54) is 24.1 Å². The largest absolute Gasteiger partial charge is 0.326 e. The van der Waals surface area contributed by atoms with Gasteiger partial charge in [0.05, 0.1) is 16.9 Å². The first-order valence-electron chi connectivity index (χ1n) is 6.00. The molecular formula is C13H15ClN2S. The van der Waals surface area contributed by atoms with Crippen LogP contribution < -0.4 is 0 Å². The number of hydrogen-bond acceptors (Lipinski definition) is 2. The summed E-state index contributed by atoms with van der Waals surface area (Å²) in [4.78, 5) is 4.59. The Labute approximate surface area is 110 Å². The van der Waals surface area contributed by atoms with Crippen molar-refractivity contribution < 1.29 is 0 Å². The van der Waals surface area contributed by atoms with Crippen molar-refractivity contribution in [1.82, 2.24) is 9.55 Å². The van der Waals surface area contributed by atoms with E-state index in [0.717, 1.165) is 23.1 Å². The van der Waals surface area contributed by atoms with Crippen molar-refractivity contribution >= 4 is 34.4 Å². The van der Waals surface area contributed by atoms with E-state index in [1.807, 2.05) is 6.07 Å². The number of halogens is 1. The van der Waals surface area contributed by atoms with Gasteiger partial charge < -0.3 is 4.57 Å². The molecule has 1 aromatic heterocycles. The van der Waals surface area contributed by atoms with E-state index in [0.29, 0.717) is 5.88 Å². The first kappa shape index (κ1) is 11.4. The highest BCUT2D eigenvalue weighted by atomic mass is 35.5. The third kappa shape index (κ3) is 2.18. The van der Waals surface area contributed by atoms with Gasteiger partial charge in [-0.1, -0.05) is 12.1 Å². The number of alkyl halides is 1. The van der Waals surface area contributed by atoms with Crippen LogP contribution in [0.1, 0.15) is 18.7 Å². The summed E-state index contributed by atoms with van der Waals surface area (Å²) in [7, 11) is 0. The summed E-state index contributed by atoms with van der Waals surface area (Å²) in [6.45, 7) is 1.05. The minimum Gasteiger partial charge on any atom is -0.326 e. The molecule has 1 aliphatic heterocycles. The van der Waals surface area contributed by atoms with Crippen LogP contribution in [-0.4, -0.2) is 20.6 Å². The van der Waals surface area contributed by atoms with E-state index in [2.05, 4.69) is 39.5 Å². The molecule has 0 bridgehead atoms. The van der Waals surface area contributed by atoms with Gasteiger partial charge in [-0.05, 0) is 30.7 Å². The van der Waals surface area contributed by atoms with Gasteiger partial charge >= 0.3 is 0 Å². The minimum atomic E-state index is 0.492. The predicted molar refractivity (Wildman–Crippen MR) is 74.8 cm³/mol. The van der Waals surface area contributed by atoms with Crippen LogP contribution in [0.15, 0.2) is 24.3 Å². The van der Waals surface area contributed by atoms with Gasteiger partial charge in [-0.3, -0.25) is 0 Å². The molecule has 1 aliphatic rings. The summed E-state index contributed by atoms with van der Waals surface area (Å²) in [5, 5.41) is 0.731. The second-order valence-electron chi connectivity index (χ2n) is 4.40. The number of nitrogens with zero attached hydrogens (tertiary/aromatic N) is 2. The maximum absolute atomic E-state index is 6.00. The summed E-state index contributed by atoms with van der Waals surface area (Å²) in [5.74, 6) is 2.79. The number of rotatable bonds is 3. The molecule has 1 aromatic carbocycles. The van der Waals surface area contributed by atoms with E-state index in [4.69, 9.17) is 11.6 Å². The summed E-state index contributed by atoms with van der Waals surface area (Å²) in [6, 6.07) is 8.30. The molecule has 2 aromatic rings. The van der Waals surface area contributed by atoms with Crippen LogP contribution in [0, 0.1) is 0 Å². The van der Waals surface area contributed by atoms with Gasteiger partial charge in [-0.25, -0.2) is 4.98 Å². The van der Waals surface area contributed by atoms with Crippen molar-refractivity contribution in [3.05, 3.63) is 30.1 Å². The SMILES string of the molecule is ClCc1nc2ccccc2n1CC1CCCS1. The normalized spacial score (nSPS) is 20.2. The first-order valence-corrected chi connectivity index (χ1v) is 7.58. The van der Waals surface area contributed by atoms with Crippen molar-refractivity contribution in [3.63, 3.8) is 0 Å². The lowest BCUT2D eigenvalue weighted by Crippen LogP contribution is -2.12. The first-order chi connectivity index (χ1) is 8.38. The Morgan fingerprint density at radius 1 is 1.41 bits per heavy atom. The molecule has 17 heavy (non-hydrogen) atoms. The summed E-state index contributed by atoms with van der Waals surface area (Å²) in [6.07, 6.45) is 2.66. The number of para-hydroxylation sites is 2. The van der Waals surface area contributed by atoms with Crippen molar-refractivity contribution in [3.8, 4) is 0 Å². The molecule has 4 heteroatoms. The average molecular weight is 267 g/mol. The predicted octanol–water partition coefficient (Wildman–Crippen LogP) is 3.67. The van der Waals surface area contributed by atoms with Gasteiger partial charge in [0.25, 0.3) is 0 Å². The van der Waals surface area contributed by atoms with Crippen molar-refractivity contribution in [1.29, 1.82) is 0 Å². The summed E-state index contributed by atoms with van der Waals surface area (Å²) < 4.78 is 2.30. The lowest BCUT2D eigenvalue weighted by atomic mass is 10.2. The lowest BCUT2D eigenvalue weighted by molar-refractivity contribution is 0.634. The molecule has 0 saturated carbocycles. The molecule has 90 valence electrons. The average Bonchev–Trinajstić information content (AvgIpc) is 2.98. The van der Waals surface area contributed by atoms with Crippen LogP contribution in [0.4, 0.5) is 0 Å². The number of imidazole rings is 1. The molecule has 2 nitrogen and oxygen atoms in total. The lowest BCUT2D eigenvalue weighted by Gasteiger charge is -2.12. The zero-order chi connectivity index (χ0) is 11.7. The van der Waals surface area contributed by atoms with Crippen LogP contribution in [0.2, 0.25) is 0 Å². The standard InChI is InChI=1S/C13H15ClN2S/c14-8-13-15-11-5-1-2-6-12(11)16(13)9-10-4-3-7-17-10/h1-2,5-6,10H,3-4,7-9H2. The Kier molecular flexibility index (Phi) is 3.30. The number of hydrogen-bond donors (Lipinski definition) is 0. The van der Waals surface area contributed by atoms with Crippen LogP contribution in [0.5, 0.6) is 0 Å². The Morgan fingerprint density at radius 3 is 3.06 bits per heavy atom. The fourth-order valence-electron chi connectivity index (χ4n) is 2.42. The molecule has 0 N–H and O–H groups in total. The minimum absolute atomic E-state index is 0.492. The van der Waals surface area contributed by atoms with Gasteiger partial charge in [0, 0.05) is 11.8 Å². The summed E-state index contributed by atoms with van der Waals surface area (Å²) in [5.41, 5.74) is 2.28. The number of benzene rings is 1. The third-order valence-corrected chi connectivity index (χ3v) is 4.88. The molecule has 2 heterocycles. The zero-order valence-electron chi connectivity index (χ0n) is 9.60. The monoisotopic (exact) mass is 266 g/mol. The van der Waals surface area contributed by atoms with Gasteiger partial charge in [0.2, 0.25) is 0 Å². The molecule has 0 radical (unpaired) electrons. The molecule has 0 aliphatic carbocycles. The fourth-order valence-corrected chi connectivity index (χ4v) is 3.88. The molecule has 1 unspecified atom stereocenters. The van der Waals surface area contributed by atoms with Crippen LogP contribution >= 0.6 is 23.4 Å². The van der Waals surface area contributed by atoms with E-state index in [1.54, 1.807) is 0 Å². The highest BCUT2D eigenvalue weighted by molar-refractivity contribution is 8.00. The Hall–Kier alpha value is -0.670. The highest BCUT2D eigenvalue weighted by Gasteiger charge is 2.19. The molecule has 0 amide bonds. The van der Waals surface area contributed by atoms with Crippen LogP contribution in [0.3, 0.4) is 0 Å². The van der Waals surface area contributed by atoms with Crippen molar-refractivity contribution in [2.45, 2.75) is 30.5 Å². The van der Waals surface area contributed by atoms with Crippen LogP contribution in [0.25, 0.3) is 11.0 Å². The van der Waals surface area contributed by atoms with E-state index < -0.39 is 0 Å². The van der Waals surface area contributed by atoms with E-state index >= 15 is 0 Å². The van der Waals surface area contributed by atoms with E-state index in [-0.39, 0.29) is 0 Å². The number of thioether (sulfide) groups is 1. The molecule has 1 atom stereocenters. The molecule has 3 rings (SSSR count). The van der Waals surface area contributed by atoms with Gasteiger partial charge in [0.1, 0.15) is 5.82 Å². The second-order valence-corrected chi connectivity index (χ2v) is 6.07. The van der Waals surface area contributed by atoms with Crippen LogP contribution in [-0.2, 0) is 12.4 Å². The van der Waals surface area contributed by atoms with Gasteiger partial charge in [-0.2, -0.15) is 11.8 Å². The maximum Gasteiger partial charge on any atom is 0.124 e. The number of aromatic nitrogens is 2. The second kappa shape index (κ2) is 4.91. The Morgan fingerprint density at radius 2 is 2.29 bits per heavy atom. The fraction of sp³-hybridized carbons (Fsp3) is 0.462. The molecule has 1 saturated heterocycles. The summed E-state index contributed by atoms with van der Waals surface area (Å²) >= 11 is 8.08. The van der Waals surface area contributed by atoms with Gasteiger partial charge in [-0.15, -0.1) is 11.6 Å². The molecular weight excluding hydrogens is 252 g/mol. The molecule has 0 spiro atoms. The molecule has 1 fully saturated rings. The topological polar surface area (TPSA) is 17.8 Å². The Balaban J connectivity index is 1.99. The van der Waals surface area contributed by atoms with Gasteiger partial charge in [0.15, 0.2) is 0 Å². The quantitative estimate of drug-likeness (QED) is 0.789. The van der Waals surface area contributed by atoms with E-state index in [9.17, 15) is 0 Å². The smallest absolute Gasteiger partial charge is 0.124 e. The third-order valence-electron chi connectivity index (χ3n) is 3.26. The number of fused-ring (bicyclic) bond motifs is 1.